The molecule has 0 aliphatic heterocycles. The van der Waals surface area contributed by atoms with Crippen LogP contribution in [0, 0.1) is 0 Å². The normalized spacial score (nSPS) is 12.0. The SMILES string of the molecule is COc1cccc(C(=O)N[C@@H](NC(=S)Nc2ccccc2)C(Cl)(Cl)Cl)c1. The number of methoxy groups -OCH3 is 1. The maximum Gasteiger partial charge on any atom is 0.253 e. The number of nitrogens with one attached hydrogen (secondary N) is 3. The number of halogens is 3. The molecule has 1 amide bonds. The van der Waals surface area contributed by atoms with Crippen molar-refractivity contribution in [1.29, 1.82) is 0 Å². The molecule has 3 N–H and O–H groups in total. The third kappa shape index (κ3) is 6.21. The van der Waals surface area contributed by atoms with Crippen LogP contribution < -0.4 is 20.7 Å². The van der Waals surface area contributed by atoms with Crippen molar-refractivity contribution in [2.75, 3.05) is 12.4 Å². The van der Waals surface area contributed by atoms with Gasteiger partial charge in [-0.3, -0.25) is 4.79 Å². The molecule has 0 heterocycles. The van der Waals surface area contributed by atoms with Gasteiger partial charge in [0, 0.05) is 11.3 Å². The summed E-state index contributed by atoms with van der Waals surface area (Å²) in [5, 5.41) is 8.55. The molecular formula is C17H16Cl3N3O2S. The van der Waals surface area contributed by atoms with Crippen LogP contribution in [0.4, 0.5) is 5.69 Å². The van der Waals surface area contributed by atoms with Gasteiger partial charge in [0.25, 0.3) is 5.91 Å². The van der Waals surface area contributed by atoms with Gasteiger partial charge in [-0.1, -0.05) is 59.1 Å². The lowest BCUT2D eigenvalue weighted by Gasteiger charge is -2.27. The van der Waals surface area contributed by atoms with Crippen LogP contribution in [0.5, 0.6) is 5.75 Å². The van der Waals surface area contributed by atoms with Crippen LogP contribution in [0.3, 0.4) is 0 Å². The molecule has 0 saturated heterocycles. The predicted octanol–water partition coefficient (Wildman–Crippen LogP) is 4.11. The summed E-state index contributed by atoms with van der Waals surface area (Å²) in [6.07, 6.45) is -1.06. The monoisotopic (exact) mass is 431 g/mol. The molecule has 9 heteroatoms. The first-order chi connectivity index (χ1) is 12.3. The standard InChI is InChI=1S/C17H16Cl3N3O2S/c1-25-13-9-5-6-11(10-13)14(24)22-15(17(18,19)20)23-16(26)21-12-7-3-2-4-8-12/h2-10,15H,1H3,(H,22,24)(H2,21,23,26)/t15-/m0/s1. The van der Waals surface area contributed by atoms with Gasteiger partial charge in [0.2, 0.25) is 3.79 Å². The zero-order valence-corrected chi connectivity index (χ0v) is 16.7. The highest BCUT2D eigenvalue weighted by Crippen LogP contribution is 2.29. The van der Waals surface area contributed by atoms with Gasteiger partial charge in [-0.15, -0.1) is 0 Å². The fourth-order valence-corrected chi connectivity index (χ4v) is 2.56. The van der Waals surface area contributed by atoms with E-state index in [1.54, 1.807) is 24.3 Å². The molecule has 0 aromatic heterocycles. The topological polar surface area (TPSA) is 62.4 Å². The number of amides is 1. The number of anilines is 1. The van der Waals surface area contributed by atoms with Crippen molar-refractivity contribution in [3.05, 3.63) is 60.2 Å². The smallest absolute Gasteiger partial charge is 0.253 e. The van der Waals surface area contributed by atoms with Gasteiger partial charge in [-0.2, -0.15) is 0 Å². The van der Waals surface area contributed by atoms with E-state index in [9.17, 15) is 4.79 Å². The van der Waals surface area contributed by atoms with E-state index in [0.717, 1.165) is 5.69 Å². The third-order valence-corrected chi connectivity index (χ3v) is 4.12. The number of ether oxygens (including phenoxy) is 1. The average molecular weight is 433 g/mol. The number of carbonyl (C=O) groups is 1. The van der Waals surface area contributed by atoms with Gasteiger partial charge in [-0.05, 0) is 42.5 Å². The molecule has 138 valence electrons. The number of thiocarbonyl (C=S) groups is 1. The molecule has 0 fully saturated rings. The molecule has 2 aromatic carbocycles. The summed E-state index contributed by atoms with van der Waals surface area (Å²) in [6.45, 7) is 0. The molecule has 0 radical (unpaired) electrons. The quantitative estimate of drug-likeness (QED) is 0.377. The molecule has 5 nitrogen and oxygen atoms in total. The lowest BCUT2D eigenvalue weighted by molar-refractivity contribution is 0.0934. The summed E-state index contributed by atoms with van der Waals surface area (Å²) >= 11 is 23.2. The Balaban J connectivity index is 2.07. The minimum atomic E-state index is -1.84. The van der Waals surface area contributed by atoms with Crippen molar-refractivity contribution in [2.24, 2.45) is 0 Å². The summed E-state index contributed by atoms with van der Waals surface area (Å²) in [5.74, 6) is 0.0903. The first kappa shape index (κ1) is 20.6. The van der Waals surface area contributed by atoms with Gasteiger partial charge in [0.15, 0.2) is 5.11 Å². The van der Waals surface area contributed by atoms with Crippen LogP contribution in [-0.2, 0) is 0 Å². The van der Waals surface area contributed by atoms with Crippen molar-refractivity contribution in [1.82, 2.24) is 10.6 Å². The largest absolute Gasteiger partial charge is 0.497 e. The second kappa shape index (κ2) is 9.28. The average Bonchev–Trinajstić information content (AvgIpc) is 2.61. The highest BCUT2D eigenvalue weighted by molar-refractivity contribution is 7.80. The summed E-state index contributed by atoms with van der Waals surface area (Å²) in [5.41, 5.74) is 1.11. The molecule has 0 saturated carbocycles. The zero-order chi connectivity index (χ0) is 19.2. The molecule has 1 atom stereocenters. The summed E-state index contributed by atoms with van der Waals surface area (Å²) in [4.78, 5) is 12.5. The van der Waals surface area contributed by atoms with E-state index in [-0.39, 0.29) is 5.11 Å². The molecule has 0 aliphatic carbocycles. The van der Waals surface area contributed by atoms with Crippen LogP contribution >= 0.6 is 47.0 Å². The van der Waals surface area contributed by atoms with Gasteiger partial charge >= 0.3 is 0 Å². The number of benzene rings is 2. The first-order valence-electron chi connectivity index (χ1n) is 7.44. The van der Waals surface area contributed by atoms with E-state index >= 15 is 0 Å². The molecule has 2 aromatic rings. The van der Waals surface area contributed by atoms with Gasteiger partial charge in [0.1, 0.15) is 11.9 Å². The number of rotatable bonds is 5. The second-order valence-corrected chi connectivity index (χ2v) is 7.92. The Labute approximate surface area is 172 Å². The summed E-state index contributed by atoms with van der Waals surface area (Å²) in [7, 11) is 1.51. The van der Waals surface area contributed by atoms with Crippen LogP contribution in [-0.4, -0.2) is 28.1 Å². The molecule has 26 heavy (non-hydrogen) atoms. The zero-order valence-electron chi connectivity index (χ0n) is 13.6. The highest BCUT2D eigenvalue weighted by atomic mass is 35.6. The van der Waals surface area contributed by atoms with E-state index in [1.165, 1.54) is 7.11 Å². The van der Waals surface area contributed by atoms with Gasteiger partial charge in [0.05, 0.1) is 7.11 Å². The van der Waals surface area contributed by atoms with Crippen molar-refractivity contribution >= 4 is 63.7 Å². The highest BCUT2D eigenvalue weighted by Gasteiger charge is 2.35. The van der Waals surface area contributed by atoms with Crippen molar-refractivity contribution < 1.29 is 9.53 Å². The lowest BCUT2D eigenvalue weighted by Crippen LogP contribution is -2.56. The fourth-order valence-electron chi connectivity index (χ4n) is 2.00. The Morgan fingerprint density at radius 2 is 1.77 bits per heavy atom. The fraction of sp³-hybridized carbons (Fsp3) is 0.176. The maximum atomic E-state index is 12.5. The Hall–Kier alpha value is -1.73. The number of hydrogen-bond acceptors (Lipinski definition) is 3. The predicted molar refractivity (Wildman–Crippen MR) is 110 cm³/mol. The minimum Gasteiger partial charge on any atom is -0.497 e. The van der Waals surface area contributed by atoms with E-state index < -0.39 is 15.9 Å². The van der Waals surface area contributed by atoms with Gasteiger partial charge < -0.3 is 20.7 Å². The summed E-state index contributed by atoms with van der Waals surface area (Å²) < 4.78 is 3.27. The van der Waals surface area contributed by atoms with Crippen LogP contribution in [0.2, 0.25) is 0 Å². The van der Waals surface area contributed by atoms with Crippen molar-refractivity contribution in [3.8, 4) is 5.75 Å². The summed E-state index contributed by atoms with van der Waals surface area (Å²) in [6, 6.07) is 15.8. The Morgan fingerprint density at radius 3 is 2.38 bits per heavy atom. The van der Waals surface area contributed by atoms with E-state index in [4.69, 9.17) is 51.8 Å². The number of alkyl halides is 3. The number of hydrogen-bond donors (Lipinski definition) is 3. The molecule has 2 rings (SSSR count). The van der Waals surface area contributed by atoms with E-state index in [0.29, 0.717) is 11.3 Å². The molecule has 0 spiro atoms. The lowest BCUT2D eigenvalue weighted by atomic mass is 10.2. The third-order valence-electron chi connectivity index (χ3n) is 3.24. The number of para-hydroxylation sites is 1. The second-order valence-electron chi connectivity index (χ2n) is 5.14. The van der Waals surface area contributed by atoms with Crippen molar-refractivity contribution in [2.45, 2.75) is 9.96 Å². The maximum absolute atomic E-state index is 12.5. The minimum absolute atomic E-state index is 0.193. The van der Waals surface area contributed by atoms with Gasteiger partial charge in [-0.25, -0.2) is 0 Å². The molecule has 0 bridgehead atoms. The Bertz CT molecular complexity index is 769. The molecule has 0 aliphatic rings. The Kier molecular flexibility index (Phi) is 7.34. The van der Waals surface area contributed by atoms with Crippen LogP contribution in [0.25, 0.3) is 0 Å². The van der Waals surface area contributed by atoms with E-state index in [2.05, 4.69) is 16.0 Å². The Morgan fingerprint density at radius 1 is 1.08 bits per heavy atom. The first-order valence-corrected chi connectivity index (χ1v) is 8.98. The van der Waals surface area contributed by atoms with Crippen LogP contribution in [0.1, 0.15) is 10.4 Å². The molecule has 0 unspecified atom stereocenters. The van der Waals surface area contributed by atoms with E-state index in [1.807, 2.05) is 30.3 Å². The van der Waals surface area contributed by atoms with Crippen molar-refractivity contribution in [3.63, 3.8) is 0 Å². The number of carbonyl (C=O) groups excluding carboxylic acids is 1. The van der Waals surface area contributed by atoms with Crippen LogP contribution in [0.15, 0.2) is 54.6 Å². The molecular weight excluding hydrogens is 417 g/mol.